The molecular formula is C25H40N6O. The summed E-state index contributed by atoms with van der Waals surface area (Å²) in [7, 11) is 1.85. The molecule has 2 aliphatic heterocycles. The van der Waals surface area contributed by atoms with Crippen LogP contribution in [-0.2, 0) is 4.79 Å². The molecular weight excluding hydrogens is 400 g/mol. The Morgan fingerprint density at radius 3 is 2.31 bits per heavy atom. The number of aliphatic imine (C=N–C) groups is 1. The molecule has 1 amide bonds. The van der Waals surface area contributed by atoms with Crippen molar-refractivity contribution in [3.05, 3.63) is 30.3 Å². The van der Waals surface area contributed by atoms with Gasteiger partial charge < -0.3 is 20.4 Å². The highest BCUT2D eigenvalue weighted by Crippen LogP contribution is 2.27. The largest absolute Gasteiger partial charge is 0.371 e. The lowest BCUT2D eigenvalue weighted by atomic mass is 10.0. The molecule has 1 aromatic carbocycles. The van der Waals surface area contributed by atoms with Crippen LogP contribution in [0.15, 0.2) is 35.3 Å². The summed E-state index contributed by atoms with van der Waals surface area (Å²) in [6.45, 7) is 7.71. The minimum atomic E-state index is 0.303. The van der Waals surface area contributed by atoms with E-state index in [0.717, 1.165) is 84.0 Å². The van der Waals surface area contributed by atoms with Crippen LogP contribution in [0.5, 0.6) is 0 Å². The summed E-state index contributed by atoms with van der Waals surface area (Å²) in [6, 6.07) is 11.1. The quantitative estimate of drug-likeness (QED) is 0.524. The molecule has 0 unspecified atom stereocenters. The lowest BCUT2D eigenvalue weighted by Gasteiger charge is -2.36. The van der Waals surface area contributed by atoms with Gasteiger partial charge in [-0.3, -0.25) is 14.7 Å². The van der Waals surface area contributed by atoms with Gasteiger partial charge in [0.2, 0.25) is 5.91 Å². The zero-order valence-electron chi connectivity index (χ0n) is 19.6. The predicted molar refractivity (Wildman–Crippen MR) is 131 cm³/mol. The molecule has 0 spiro atoms. The highest BCUT2D eigenvalue weighted by molar-refractivity contribution is 5.80. The number of para-hydroxylation sites is 1. The lowest BCUT2D eigenvalue weighted by molar-refractivity contribution is -0.137. The summed E-state index contributed by atoms with van der Waals surface area (Å²) >= 11 is 0. The Bertz CT molecular complexity index is 732. The number of amides is 1. The van der Waals surface area contributed by atoms with Crippen molar-refractivity contribution in [2.24, 2.45) is 10.9 Å². The number of carbonyl (C=O) groups excluding carboxylic acids is 1. The molecule has 2 heterocycles. The molecule has 1 aromatic rings. The van der Waals surface area contributed by atoms with E-state index in [4.69, 9.17) is 0 Å². The van der Waals surface area contributed by atoms with Crippen molar-refractivity contribution >= 4 is 17.6 Å². The standard InChI is InChI=1S/C25H40N6O/c1-26-25(28-22-11-14-30(15-12-22)23-9-3-2-4-10-23)27-13-16-29-17-19-31(20-18-29)24(32)21-7-5-6-8-21/h2-4,9-10,21-22H,5-8,11-20H2,1H3,(H2,26,27,28). The molecule has 0 aromatic heterocycles. The van der Waals surface area contributed by atoms with E-state index in [-0.39, 0.29) is 0 Å². The Hall–Kier alpha value is -2.28. The number of piperazine rings is 1. The summed E-state index contributed by atoms with van der Waals surface area (Å²) in [5.74, 6) is 1.61. The topological polar surface area (TPSA) is 63.2 Å². The first-order valence-corrected chi connectivity index (χ1v) is 12.5. The average molecular weight is 441 g/mol. The molecule has 176 valence electrons. The third kappa shape index (κ3) is 6.15. The van der Waals surface area contributed by atoms with Crippen LogP contribution in [0, 0.1) is 5.92 Å². The summed E-state index contributed by atoms with van der Waals surface area (Å²) in [5.41, 5.74) is 1.32. The normalized spacial score (nSPS) is 21.7. The number of nitrogens with one attached hydrogen (secondary N) is 2. The van der Waals surface area contributed by atoms with Crippen LogP contribution >= 0.6 is 0 Å². The molecule has 32 heavy (non-hydrogen) atoms. The molecule has 7 heteroatoms. The number of hydrogen-bond donors (Lipinski definition) is 2. The van der Waals surface area contributed by atoms with Gasteiger partial charge in [0.05, 0.1) is 0 Å². The van der Waals surface area contributed by atoms with Crippen molar-refractivity contribution in [2.75, 3.05) is 64.3 Å². The molecule has 0 bridgehead atoms. The van der Waals surface area contributed by atoms with Gasteiger partial charge in [-0.15, -0.1) is 0 Å². The second-order valence-electron chi connectivity index (χ2n) is 9.39. The van der Waals surface area contributed by atoms with Gasteiger partial charge in [0.15, 0.2) is 5.96 Å². The average Bonchev–Trinajstić information content (AvgIpc) is 3.39. The van der Waals surface area contributed by atoms with Crippen molar-refractivity contribution in [1.82, 2.24) is 20.4 Å². The van der Waals surface area contributed by atoms with Crippen LogP contribution in [0.2, 0.25) is 0 Å². The van der Waals surface area contributed by atoms with E-state index in [0.29, 0.717) is 17.9 Å². The molecule has 1 saturated carbocycles. The van der Waals surface area contributed by atoms with Crippen molar-refractivity contribution in [2.45, 2.75) is 44.6 Å². The molecule has 1 aliphatic carbocycles. The van der Waals surface area contributed by atoms with Crippen LogP contribution in [0.4, 0.5) is 5.69 Å². The minimum Gasteiger partial charge on any atom is -0.371 e. The monoisotopic (exact) mass is 440 g/mol. The van der Waals surface area contributed by atoms with Gasteiger partial charge in [0, 0.05) is 77.1 Å². The smallest absolute Gasteiger partial charge is 0.225 e. The SMILES string of the molecule is CN=C(NCCN1CCN(C(=O)C2CCCC2)CC1)NC1CCN(c2ccccc2)CC1. The van der Waals surface area contributed by atoms with Gasteiger partial charge in [0.1, 0.15) is 0 Å². The Morgan fingerprint density at radius 1 is 0.969 bits per heavy atom. The van der Waals surface area contributed by atoms with E-state index in [1.165, 1.54) is 18.5 Å². The molecule has 7 nitrogen and oxygen atoms in total. The van der Waals surface area contributed by atoms with Crippen LogP contribution in [0.1, 0.15) is 38.5 Å². The van der Waals surface area contributed by atoms with Crippen molar-refractivity contribution < 1.29 is 4.79 Å². The summed E-state index contributed by atoms with van der Waals surface area (Å²) < 4.78 is 0. The number of hydrogen-bond acceptors (Lipinski definition) is 4. The summed E-state index contributed by atoms with van der Waals surface area (Å²) in [4.78, 5) is 24.1. The lowest BCUT2D eigenvalue weighted by Crippen LogP contribution is -2.53. The van der Waals surface area contributed by atoms with Crippen LogP contribution in [0.25, 0.3) is 0 Å². The summed E-state index contributed by atoms with van der Waals surface area (Å²) in [6.07, 6.45) is 6.88. The molecule has 3 aliphatic rings. The third-order valence-electron chi connectivity index (χ3n) is 7.29. The zero-order valence-corrected chi connectivity index (χ0v) is 19.6. The number of benzene rings is 1. The van der Waals surface area contributed by atoms with Crippen molar-refractivity contribution in [3.8, 4) is 0 Å². The highest BCUT2D eigenvalue weighted by atomic mass is 16.2. The first-order chi connectivity index (χ1) is 15.7. The maximum absolute atomic E-state index is 12.6. The van der Waals surface area contributed by atoms with Gasteiger partial charge in [0.25, 0.3) is 0 Å². The molecule has 2 saturated heterocycles. The highest BCUT2D eigenvalue weighted by Gasteiger charge is 2.29. The fourth-order valence-electron chi connectivity index (χ4n) is 5.26. The van der Waals surface area contributed by atoms with Gasteiger partial charge in [-0.1, -0.05) is 31.0 Å². The number of carbonyl (C=O) groups is 1. The van der Waals surface area contributed by atoms with Crippen LogP contribution in [0.3, 0.4) is 0 Å². The van der Waals surface area contributed by atoms with E-state index in [9.17, 15) is 4.79 Å². The molecule has 4 rings (SSSR count). The second-order valence-corrected chi connectivity index (χ2v) is 9.39. The number of nitrogens with zero attached hydrogens (tertiary/aromatic N) is 4. The fraction of sp³-hybridized carbons (Fsp3) is 0.680. The van der Waals surface area contributed by atoms with Crippen molar-refractivity contribution in [1.29, 1.82) is 0 Å². The van der Waals surface area contributed by atoms with Crippen LogP contribution in [-0.4, -0.2) is 87.1 Å². The fourth-order valence-corrected chi connectivity index (χ4v) is 5.26. The number of guanidine groups is 1. The maximum Gasteiger partial charge on any atom is 0.225 e. The first kappa shape index (κ1) is 22.9. The molecule has 0 atom stereocenters. The molecule has 0 radical (unpaired) electrons. The van der Waals surface area contributed by atoms with E-state index in [1.54, 1.807) is 0 Å². The Morgan fingerprint density at radius 2 is 1.66 bits per heavy atom. The number of rotatable bonds is 6. The van der Waals surface area contributed by atoms with E-state index in [1.807, 2.05) is 7.05 Å². The zero-order chi connectivity index (χ0) is 22.2. The predicted octanol–water partition coefficient (Wildman–Crippen LogP) is 2.15. The Balaban J connectivity index is 1.11. The van der Waals surface area contributed by atoms with E-state index >= 15 is 0 Å². The molecule has 3 fully saturated rings. The van der Waals surface area contributed by atoms with Crippen molar-refractivity contribution in [3.63, 3.8) is 0 Å². The Kier molecular flexibility index (Phi) is 8.26. The molecule has 2 N–H and O–H groups in total. The van der Waals surface area contributed by atoms with Gasteiger partial charge in [-0.2, -0.15) is 0 Å². The second kappa shape index (κ2) is 11.5. The van der Waals surface area contributed by atoms with Gasteiger partial charge in [-0.05, 0) is 37.8 Å². The minimum absolute atomic E-state index is 0.303. The first-order valence-electron chi connectivity index (χ1n) is 12.5. The number of anilines is 1. The summed E-state index contributed by atoms with van der Waals surface area (Å²) in [5, 5.41) is 7.10. The van der Waals surface area contributed by atoms with E-state index < -0.39 is 0 Å². The Labute approximate surface area is 193 Å². The third-order valence-corrected chi connectivity index (χ3v) is 7.29. The van der Waals surface area contributed by atoms with Crippen LogP contribution < -0.4 is 15.5 Å². The number of piperidine rings is 1. The maximum atomic E-state index is 12.6. The van der Waals surface area contributed by atoms with E-state index in [2.05, 4.69) is 60.7 Å². The van der Waals surface area contributed by atoms with Gasteiger partial charge in [-0.25, -0.2) is 0 Å². The van der Waals surface area contributed by atoms with Gasteiger partial charge >= 0.3 is 0 Å².